The summed E-state index contributed by atoms with van der Waals surface area (Å²) in [5, 5.41) is 4.75. The van der Waals surface area contributed by atoms with Crippen LogP contribution in [0.3, 0.4) is 0 Å². The molecule has 1 aromatic carbocycles. The molecule has 2 rings (SSSR count). The third kappa shape index (κ3) is 4.11. The highest BCUT2D eigenvalue weighted by atomic mass is 14.9. The van der Waals surface area contributed by atoms with Gasteiger partial charge in [-0.2, -0.15) is 0 Å². The predicted molar refractivity (Wildman–Crippen MR) is 88.1 cm³/mol. The maximum Gasteiger partial charge on any atom is 0.0480 e. The fourth-order valence-corrected chi connectivity index (χ4v) is 2.71. The second-order valence-electron chi connectivity index (χ2n) is 5.60. The first-order valence-corrected chi connectivity index (χ1v) is 8.13. The Hall–Kier alpha value is -1.28. The minimum Gasteiger partial charge on any atom is -0.347 e. The Bertz CT molecular complexity index is 513. The average molecular weight is 272 g/mol. The average Bonchev–Trinajstić information content (AvgIpc) is 2.87. The molecule has 0 saturated heterocycles. The number of aromatic nitrogens is 1. The van der Waals surface area contributed by atoms with E-state index in [9.17, 15) is 0 Å². The molecule has 2 aromatic rings. The number of nitrogens with zero attached hydrogens (tertiary/aromatic N) is 1. The van der Waals surface area contributed by atoms with Crippen LogP contribution in [0, 0.1) is 0 Å². The molecule has 0 saturated carbocycles. The molecule has 0 fully saturated rings. The lowest BCUT2D eigenvalue weighted by molar-refractivity contribution is 0.577. The molecule has 0 aliphatic rings. The van der Waals surface area contributed by atoms with Crippen LogP contribution in [-0.4, -0.2) is 11.1 Å². The minimum atomic E-state index is 0.967. The summed E-state index contributed by atoms with van der Waals surface area (Å²) in [6.07, 6.45) is 8.96. The van der Waals surface area contributed by atoms with Crippen LogP contribution in [0.4, 0.5) is 0 Å². The van der Waals surface area contributed by atoms with Gasteiger partial charge in [0.15, 0.2) is 0 Å². The molecule has 1 heterocycles. The van der Waals surface area contributed by atoms with E-state index in [1.807, 2.05) is 0 Å². The summed E-state index contributed by atoms with van der Waals surface area (Å²) in [7, 11) is 0. The number of fused-ring (bicyclic) bond motifs is 1. The molecule has 0 spiro atoms. The zero-order valence-electron chi connectivity index (χ0n) is 13.0. The molecule has 0 aliphatic carbocycles. The second kappa shape index (κ2) is 8.11. The van der Waals surface area contributed by atoms with E-state index < -0.39 is 0 Å². The molecular formula is C18H28N2. The summed E-state index contributed by atoms with van der Waals surface area (Å²) in [5.74, 6) is 0. The van der Waals surface area contributed by atoms with Gasteiger partial charge < -0.3 is 9.88 Å². The minimum absolute atomic E-state index is 0.967. The zero-order chi connectivity index (χ0) is 14.2. The van der Waals surface area contributed by atoms with Crippen molar-refractivity contribution in [2.75, 3.05) is 6.54 Å². The van der Waals surface area contributed by atoms with Crippen molar-refractivity contribution in [2.45, 2.75) is 59.0 Å². The summed E-state index contributed by atoms with van der Waals surface area (Å²) in [6.45, 7) is 7.56. The Labute approximate surface area is 123 Å². The Morgan fingerprint density at radius 2 is 1.85 bits per heavy atom. The van der Waals surface area contributed by atoms with Crippen molar-refractivity contribution in [1.82, 2.24) is 9.88 Å². The highest BCUT2D eigenvalue weighted by molar-refractivity contribution is 5.80. The zero-order valence-corrected chi connectivity index (χ0v) is 13.0. The van der Waals surface area contributed by atoms with E-state index >= 15 is 0 Å². The normalized spacial score (nSPS) is 11.3. The van der Waals surface area contributed by atoms with Gasteiger partial charge in [-0.1, -0.05) is 45.6 Å². The molecule has 0 unspecified atom stereocenters. The summed E-state index contributed by atoms with van der Waals surface area (Å²) in [5.41, 5.74) is 2.75. The maximum absolute atomic E-state index is 3.38. The number of nitrogens with one attached hydrogen (secondary N) is 1. The van der Waals surface area contributed by atoms with E-state index in [1.165, 1.54) is 48.6 Å². The SMILES string of the molecule is CCCCCCCn1ccc2cc(CNCC)ccc21. The van der Waals surface area contributed by atoms with Crippen molar-refractivity contribution in [3.05, 3.63) is 36.0 Å². The van der Waals surface area contributed by atoms with Gasteiger partial charge in [-0.25, -0.2) is 0 Å². The molecule has 0 amide bonds. The third-order valence-corrected chi connectivity index (χ3v) is 3.92. The van der Waals surface area contributed by atoms with Crippen molar-refractivity contribution < 1.29 is 0 Å². The van der Waals surface area contributed by atoms with Crippen LogP contribution in [-0.2, 0) is 13.1 Å². The van der Waals surface area contributed by atoms with Gasteiger partial charge in [0.25, 0.3) is 0 Å². The van der Waals surface area contributed by atoms with Gasteiger partial charge in [0.05, 0.1) is 0 Å². The molecule has 110 valence electrons. The van der Waals surface area contributed by atoms with Crippen LogP contribution in [0.15, 0.2) is 30.5 Å². The molecular weight excluding hydrogens is 244 g/mol. The number of aryl methyl sites for hydroxylation is 1. The number of hydrogen-bond donors (Lipinski definition) is 1. The first-order chi connectivity index (χ1) is 9.85. The quantitative estimate of drug-likeness (QED) is 0.653. The van der Waals surface area contributed by atoms with Crippen LogP contribution in [0.5, 0.6) is 0 Å². The van der Waals surface area contributed by atoms with E-state index in [-0.39, 0.29) is 0 Å². The molecule has 2 nitrogen and oxygen atoms in total. The molecule has 1 aromatic heterocycles. The van der Waals surface area contributed by atoms with Gasteiger partial charge in [0.2, 0.25) is 0 Å². The van der Waals surface area contributed by atoms with E-state index in [2.05, 4.69) is 54.2 Å². The topological polar surface area (TPSA) is 17.0 Å². The Kier molecular flexibility index (Phi) is 6.13. The first-order valence-electron chi connectivity index (χ1n) is 8.13. The lowest BCUT2D eigenvalue weighted by atomic mass is 10.1. The molecule has 20 heavy (non-hydrogen) atoms. The number of hydrogen-bond acceptors (Lipinski definition) is 1. The van der Waals surface area contributed by atoms with E-state index in [4.69, 9.17) is 0 Å². The maximum atomic E-state index is 3.38. The smallest absolute Gasteiger partial charge is 0.0480 e. The Balaban J connectivity index is 1.94. The van der Waals surface area contributed by atoms with Crippen LogP contribution in [0.25, 0.3) is 10.9 Å². The lowest BCUT2D eigenvalue weighted by Gasteiger charge is -2.07. The molecule has 0 aliphatic heterocycles. The highest BCUT2D eigenvalue weighted by Gasteiger charge is 2.02. The molecule has 0 atom stereocenters. The van der Waals surface area contributed by atoms with Crippen LogP contribution in [0.2, 0.25) is 0 Å². The van der Waals surface area contributed by atoms with Crippen molar-refractivity contribution in [2.24, 2.45) is 0 Å². The number of rotatable bonds is 9. The monoisotopic (exact) mass is 272 g/mol. The summed E-state index contributed by atoms with van der Waals surface area (Å²) in [6, 6.07) is 9.08. The van der Waals surface area contributed by atoms with Gasteiger partial charge in [0.1, 0.15) is 0 Å². The standard InChI is InChI=1S/C18H28N2/c1-3-5-6-7-8-12-20-13-11-17-14-16(15-19-4-2)9-10-18(17)20/h9-11,13-14,19H,3-8,12,15H2,1-2H3. The van der Waals surface area contributed by atoms with E-state index in [0.29, 0.717) is 0 Å². The molecule has 1 N–H and O–H groups in total. The number of benzene rings is 1. The van der Waals surface area contributed by atoms with Gasteiger partial charge >= 0.3 is 0 Å². The van der Waals surface area contributed by atoms with Crippen molar-refractivity contribution in [3.63, 3.8) is 0 Å². The van der Waals surface area contributed by atoms with E-state index in [0.717, 1.165) is 19.6 Å². The highest BCUT2D eigenvalue weighted by Crippen LogP contribution is 2.18. The first kappa shape index (κ1) is 15.1. The van der Waals surface area contributed by atoms with Gasteiger partial charge in [-0.05, 0) is 42.1 Å². The van der Waals surface area contributed by atoms with Crippen LogP contribution in [0.1, 0.15) is 51.5 Å². The summed E-state index contributed by atoms with van der Waals surface area (Å²) in [4.78, 5) is 0. The largest absolute Gasteiger partial charge is 0.347 e. The number of unbranched alkanes of at least 4 members (excludes halogenated alkanes) is 4. The summed E-state index contributed by atoms with van der Waals surface area (Å²) >= 11 is 0. The molecule has 0 bridgehead atoms. The Morgan fingerprint density at radius 3 is 2.65 bits per heavy atom. The third-order valence-electron chi connectivity index (χ3n) is 3.92. The fraction of sp³-hybridized carbons (Fsp3) is 0.556. The van der Waals surface area contributed by atoms with Gasteiger partial charge in [-0.3, -0.25) is 0 Å². The Morgan fingerprint density at radius 1 is 1.00 bits per heavy atom. The fourth-order valence-electron chi connectivity index (χ4n) is 2.71. The molecule has 0 radical (unpaired) electrons. The second-order valence-corrected chi connectivity index (χ2v) is 5.60. The van der Waals surface area contributed by atoms with Crippen molar-refractivity contribution >= 4 is 10.9 Å². The van der Waals surface area contributed by atoms with Crippen LogP contribution < -0.4 is 5.32 Å². The molecule has 2 heteroatoms. The van der Waals surface area contributed by atoms with Crippen LogP contribution >= 0.6 is 0 Å². The van der Waals surface area contributed by atoms with Crippen molar-refractivity contribution in [3.8, 4) is 0 Å². The van der Waals surface area contributed by atoms with Crippen molar-refractivity contribution in [1.29, 1.82) is 0 Å². The summed E-state index contributed by atoms with van der Waals surface area (Å²) < 4.78 is 2.40. The van der Waals surface area contributed by atoms with Gasteiger partial charge in [-0.15, -0.1) is 0 Å². The predicted octanol–water partition coefficient (Wildman–Crippen LogP) is 4.72. The van der Waals surface area contributed by atoms with Gasteiger partial charge in [0, 0.05) is 24.8 Å². The lowest BCUT2D eigenvalue weighted by Crippen LogP contribution is -2.11. The van der Waals surface area contributed by atoms with E-state index in [1.54, 1.807) is 0 Å².